The van der Waals surface area contributed by atoms with Crippen LogP contribution in [0.15, 0.2) is 71.4 Å². The van der Waals surface area contributed by atoms with Gasteiger partial charge in [0, 0.05) is 10.8 Å². The maximum Gasteiger partial charge on any atom is 0.111 e. The number of benzene rings is 2. The molecule has 2 nitrogen and oxygen atoms in total. The summed E-state index contributed by atoms with van der Waals surface area (Å²) in [6.07, 6.45) is 0. The van der Waals surface area contributed by atoms with Gasteiger partial charge in [0.2, 0.25) is 0 Å². The topological polar surface area (TPSA) is 25.8 Å². The van der Waals surface area contributed by atoms with Gasteiger partial charge in [-0.1, -0.05) is 36.4 Å². The summed E-state index contributed by atoms with van der Waals surface area (Å²) in [5.41, 5.74) is 1.93. The first-order chi connectivity index (χ1) is 11.9. The van der Waals surface area contributed by atoms with Gasteiger partial charge in [0.25, 0.3) is 0 Å². The van der Waals surface area contributed by atoms with Gasteiger partial charge in [0.05, 0.1) is 9.75 Å². The number of hydrogen-bond acceptors (Lipinski definition) is 4. The van der Waals surface area contributed by atoms with Crippen LogP contribution in [0.25, 0.3) is 42.7 Å². The van der Waals surface area contributed by atoms with E-state index in [2.05, 4.69) is 81.6 Å². The molecule has 0 spiro atoms. The van der Waals surface area contributed by atoms with Crippen LogP contribution >= 0.6 is 22.7 Å². The second kappa shape index (κ2) is 5.51. The van der Waals surface area contributed by atoms with Crippen molar-refractivity contribution < 1.29 is 0 Å². The molecule has 0 aliphatic heterocycles. The van der Waals surface area contributed by atoms with E-state index in [4.69, 9.17) is 0 Å². The van der Waals surface area contributed by atoms with Gasteiger partial charge >= 0.3 is 0 Å². The van der Waals surface area contributed by atoms with E-state index < -0.39 is 0 Å². The van der Waals surface area contributed by atoms with Crippen molar-refractivity contribution in [3.8, 4) is 21.1 Å². The zero-order chi connectivity index (χ0) is 15.9. The van der Waals surface area contributed by atoms with E-state index in [0.29, 0.717) is 0 Å². The second-order valence-corrected chi connectivity index (χ2v) is 7.49. The summed E-state index contributed by atoms with van der Waals surface area (Å²) < 4.78 is 0. The Labute approximate surface area is 147 Å². The highest BCUT2D eigenvalue weighted by molar-refractivity contribution is 7.14. The smallest absolute Gasteiger partial charge is 0.111 e. The lowest BCUT2D eigenvalue weighted by molar-refractivity contribution is 1.07. The van der Waals surface area contributed by atoms with E-state index >= 15 is 0 Å². The Morgan fingerprint density at radius 3 is 1.50 bits per heavy atom. The standard InChI is InChI=1S/C20H12N2S2/c1-2-6-14-12-16-15(11-13(14)5-1)19(17-7-3-9-23-17)21-22-20(16)18-8-4-10-24-18/h1-12H. The minimum absolute atomic E-state index is 0.964. The highest BCUT2D eigenvalue weighted by Crippen LogP contribution is 2.37. The van der Waals surface area contributed by atoms with Crippen LogP contribution in [0, 0.1) is 0 Å². The highest BCUT2D eigenvalue weighted by Gasteiger charge is 2.14. The number of thiophene rings is 2. The van der Waals surface area contributed by atoms with Crippen molar-refractivity contribution in [1.82, 2.24) is 10.2 Å². The van der Waals surface area contributed by atoms with E-state index in [-0.39, 0.29) is 0 Å². The lowest BCUT2D eigenvalue weighted by atomic mass is 10.0. The fraction of sp³-hybridized carbons (Fsp3) is 0. The van der Waals surface area contributed by atoms with Gasteiger partial charge in [0.1, 0.15) is 11.4 Å². The van der Waals surface area contributed by atoms with Crippen molar-refractivity contribution in [3.05, 3.63) is 71.4 Å². The zero-order valence-corrected chi connectivity index (χ0v) is 14.3. The number of nitrogens with zero attached hydrogens (tertiary/aromatic N) is 2. The molecule has 0 N–H and O–H groups in total. The minimum Gasteiger partial charge on any atom is -0.148 e. The third kappa shape index (κ3) is 2.15. The maximum atomic E-state index is 4.58. The fourth-order valence-electron chi connectivity index (χ4n) is 3.03. The molecule has 4 heteroatoms. The Kier molecular flexibility index (Phi) is 3.18. The molecule has 24 heavy (non-hydrogen) atoms. The van der Waals surface area contributed by atoms with Crippen LogP contribution in [0.3, 0.4) is 0 Å². The average Bonchev–Trinajstić information content (AvgIpc) is 3.32. The Balaban J connectivity index is 1.93. The van der Waals surface area contributed by atoms with Gasteiger partial charge in [-0.15, -0.1) is 32.9 Å². The average molecular weight is 344 g/mol. The first kappa shape index (κ1) is 13.8. The number of hydrogen-bond donors (Lipinski definition) is 0. The molecule has 3 heterocycles. The van der Waals surface area contributed by atoms with Crippen molar-refractivity contribution in [3.63, 3.8) is 0 Å². The molecule has 0 fully saturated rings. The van der Waals surface area contributed by atoms with Crippen LogP contribution in [-0.2, 0) is 0 Å². The molecule has 3 aromatic heterocycles. The van der Waals surface area contributed by atoms with Crippen LogP contribution in [0.2, 0.25) is 0 Å². The predicted octanol–water partition coefficient (Wildman–Crippen LogP) is 6.24. The van der Waals surface area contributed by atoms with Crippen LogP contribution in [0.4, 0.5) is 0 Å². The summed E-state index contributed by atoms with van der Waals surface area (Å²) in [6, 6.07) is 21.3. The lowest BCUT2D eigenvalue weighted by Crippen LogP contribution is -1.93. The molecular weight excluding hydrogens is 332 g/mol. The molecule has 0 bridgehead atoms. The molecule has 2 aromatic carbocycles. The van der Waals surface area contributed by atoms with Gasteiger partial charge in [-0.3, -0.25) is 0 Å². The maximum absolute atomic E-state index is 4.58. The number of aromatic nitrogens is 2. The Hall–Kier alpha value is -2.56. The third-order valence-corrected chi connectivity index (χ3v) is 5.91. The van der Waals surface area contributed by atoms with Crippen LogP contribution in [0.1, 0.15) is 0 Å². The molecule has 0 radical (unpaired) electrons. The quantitative estimate of drug-likeness (QED) is 0.354. The first-order valence-corrected chi connectivity index (χ1v) is 9.43. The molecule has 0 saturated heterocycles. The van der Waals surface area contributed by atoms with E-state index in [1.54, 1.807) is 22.7 Å². The van der Waals surface area contributed by atoms with E-state index in [9.17, 15) is 0 Å². The van der Waals surface area contributed by atoms with Gasteiger partial charge in [-0.2, -0.15) is 0 Å². The predicted molar refractivity (Wildman–Crippen MR) is 104 cm³/mol. The lowest BCUT2D eigenvalue weighted by Gasteiger charge is -2.09. The summed E-state index contributed by atoms with van der Waals surface area (Å²) >= 11 is 3.40. The summed E-state index contributed by atoms with van der Waals surface area (Å²) in [4.78, 5) is 2.31. The molecule has 0 aliphatic rings. The monoisotopic (exact) mass is 344 g/mol. The first-order valence-electron chi connectivity index (χ1n) is 7.67. The largest absolute Gasteiger partial charge is 0.148 e. The number of rotatable bonds is 2. The molecule has 0 aliphatic carbocycles. The van der Waals surface area contributed by atoms with Crippen LogP contribution < -0.4 is 0 Å². The van der Waals surface area contributed by atoms with Crippen LogP contribution in [0.5, 0.6) is 0 Å². The van der Waals surface area contributed by atoms with Gasteiger partial charge < -0.3 is 0 Å². The fourth-order valence-corrected chi connectivity index (χ4v) is 4.48. The van der Waals surface area contributed by atoms with E-state index in [1.807, 2.05) is 0 Å². The molecular formula is C20H12N2S2. The Morgan fingerprint density at radius 2 is 1.08 bits per heavy atom. The summed E-state index contributed by atoms with van der Waals surface area (Å²) in [5, 5.41) is 18.1. The van der Waals surface area contributed by atoms with Crippen molar-refractivity contribution in [2.45, 2.75) is 0 Å². The SMILES string of the molecule is c1csc(-c2nnc(-c3cccs3)c3cc4ccccc4cc23)c1. The molecule has 5 aromatic rings. The second-order valence-electron chi connectivity index (χ2n) is 5.60. The van der Waals surface area contributed by atoms with E-state index in [0.717, 1.165) is 31.9 Å². The summed E-state index contributed by atoms with van der Waals surface area (Å²) in [7, 11) is 0. The summed E-state index contributed by atoms with van der Waals surface area (Å²) in [5.74, 6) is 0. The molecule has 0 unspecified atom stereocenters. The van der Waals surface area contributed by atoms with Gasteiger partial charge in [0.15, 0.2) is 0 Å². The molecule has 0 amide bonds. The third-order valence-electron chi connectivity index (χ3n) is 4.16. The highest BCUT2D eigenvalue weighted by atomic mass is 32.1. The molecule has 0 atom stereocenters. The van der Waals surface area contributed by atoms with E-state index in [1.165, 1.54) is 10.8 Å². The Morgan fingerprint density at radius 1 is 0.583 bits per heavy atom. The molecule has 0 saturated carbocycles. The normalized spacial score (nSPS) is 11.3. The minimum atomic E-state index is 0.964. The van der Waals surface area contributed by atoms with Crippen molar-refractivity contribution in [1.29, 1.82) is 0 Å². The number of fused-ring (bicyclic) bond motifs is 2. The van der Waals surface area contributed by atoms with Crippen molar-refractivity contribution >= 4 is 44.2 Å². The van der Waals surface area contributed by atoms with Crippen LogP contribution in [-0.4, -0.2) is 10.2 Å². The van der Waals surface area contributed by atoms with Crippen molar-refractivity contribution in [2.24, 2.45) is 0 Å². The van der Waals surface area contributed by atoms with Gasteiger partial charge in [-0.25, -0.2) is 0 Å². The van der Waals surface area contributed by atoms with Crippen molar-refractivity contribution in [2.75, 3.05) is 0 Å². The Bertz CT molecular complexity index is 1050. The molecule has 5 rings (SSSR count). The van der Waals surface area contributed by atoms with Gasteiger partial charge in [-0.05, 0) is 45.8 Å². The summed E-state index contributed by atoms with van der Waals surface area (Å²) in [6.45, 7) is 0. The zero-order valence-electron chi connectivity index (χ0n) is 12.6. The molecule has 114 valence electrons.